The van der Waals surface area contributed by atoms with E-state index in [1.807, 2.05) is 13.8 Å². The second kappa shape index (κ2) is 9.47. The van der Waals surface area contributed by atoms with Crippen molar-refractivity contribution in [2.75, 3.05) is 36.9 Å². The number of aromatic nitrogens is 2. The Morgan fingerprint density at radius 3 is 2.56 bits per heavy atom. The molecule has 0 aliphatic carbocycles. The van der Waals surface area contributed by atoms with Gasteiger partial charge in [0.05, 0.1) is 11.5 Å². The molecule has 2 aromatic rings. The van der Waals surface area contributed by atoms with Crippen molar-refractivity contribution in [1.29, 1.82) is 0 Å². The highest BCUT2D eigenvalue weighted by Gasteiger charge is 2.16. The van der Waals surface area contributed by atoms with Gasteiger partial charge in [-0.15, -0.1) is 0 Å². The number of anilines is 2. The van der Waals surface area contributed by atoms with Crippen molar-refractivity contribution in [3.63, 3.8) is 0 Å². The fourth-order valence-electron chi connectivity index (χ4n) is 2.28. The van der Waals surface area contributed by atoms with E-state index in [4.69, 9.17) is 4.74 Å². The van der Waals surface area contributed by atoms with Crippen LogP contribution in [0.2, 0.25) is 0 Å². The number of hydrogen-bond donors (Lipinski definition) is 3. The monoisotopic (exact) mass is 397 g/mol. The van der Waals surface area contributed by atoms with Crippen molar-refractivity contribution >= 4 is 21.8 Å². The first kappa shape index (κ1) is 20.8. The first-order valence-corrected chi connectivity index (χ1v) is 10.1. The number of nitrogens with one attached hydrogen (secondary N) is 3. The number of halogens is 1. The predicted octanol–water partition coefficient (Wildman–Crippen LogP) is 2.15. The Morgan fingerprint density at radius 1 is 1.11 bits per heavy atom. The first-order valence-electron chi connectivity index (χ1n) is 8.61. The molecule has 0 bridgehead atoms. The number of rotatable bonds is 10. The number of nitrogens with zero attached hydrogens (tertiary/aromatic N) is 2. The van der Waals surface area contributed by atoms with Gasteiger partial charge in [0.25, 0.3) is 0 Å². The highest BCUT2D eigenvalue weighted by molar-refractivity contribution is 7.89. The predicted molar refractivity (Wildman–Crippen MR) is 102 cm³/mol. The van der Waals surface area contributed by atoms with Crippen LogP contribution < -0.4 is 20.1 Å². The average molecular weight is 397 g/mol. The van der Waals surface area contributed by atoms with E-state index in [1.54, 1.807) is 13.0 Å². The molecule has 0 aliphatic heterocycles. The molecule has 0 spiro atoms. The molecule has 0 fully saturated rings. The summed E-state index contributed by atoms with van der Waals surface area (Å²) >= 11 is 0. The molecule has 0 aliphatic rings. The SMILES string of the molecule is CCNc1nc(C)cc(NCCNS(=O)(=O)c2ccc(OCC)c(F)c2)n1. The van der Waals surface area contributed by atoms with Gasteiger partial charge in [0.1, 0.15) is 5.82 Å². The van der Waals surface area contributed by atoms with Crippen LogP contribution in [0.3, 0.4) is 0 Å². The molecule has 3 N–H and O–H groups in total. The van der Waals surface area contributed by atoms with Crippen molar-refractivity contribution < 1.29 is 17.5 Å². The highest BCUT2D eigenvalue weighted by Crippen LogP contribution is 2.20. The third-order valence-electron chi connectivity index (χ3n) is 3.43. The molecule has 10 heteroatoms. The largest absolute Gasteiger partial charge is 0.491 e. The molecule has 1 aromatic carbocycles. The summed E-state index contributed by atoms with van der Waals surface area (Å²) in [7, 11) is -3.82. The molecule has 148 valence electrons. The number of benzene rings is 1. The summed E-state index contributed by atoms with van der Waals surface area (Å²) < 4.78 is 45.9. The Morgan fingerprint density at radius 2 is 1.89 bits per heavy atom. The summed E-state index contributed by atoms with van der Waals surface area (Å²) in [6.07, 6.45) is 0. The highest BCUT2D eigenvalue weighted by atomic mass is 32.2. The van der Waals surface area contributed by atoms with Crippen LogP contribution in [0.15, 0.2) is 29.2 Å². The molecular weight excluding hydrogens is 373 g/mol. The molecule has 0 amide bonds. The molecule has 0 unspecified atom stereocenters. The van der Waals surface area contributed by atoms with E-state index >= 15 is 0 Å². The number of ether oxygens (including phenoxy) is 1. The first-order chi connectivity index (χ1) is 12.9. The van der Waals surface area contributed by atoms with Crippen LogP contribution in [0, 0.1) is 12.7 Å². The summed E-state index contributed by atoms with van der Waals surface area (Å²) in [4.78, 5) is 8.36. The minimum absolute atomic E-state index is 0.0220. The van der Waals surface area contributed by atoms with Crippen molar-refractivity contribution in [3.05, 3.63) is 35.8 Å². The quantitative estimate of drug-likeness (QED) is 0.528. The Labute approximate surface area is 158 Å². The topological polar surface area (TPSA) is 105 Å². The molecular formula is C17H24FN5O3S. The third kappa shape index (κ3) is 6.04. The van der Waals surface area contributed by atoms with Gasteiger partial charge in [-0.05, 0) is 39.0 Å². The summed E-state index contributed by atoms with van der Waals surface area (Å²) in [6.45, 7) is 6.91. The molecule has 1 heterocycles. The van der Waals surface area contributed by atoms with Crippen LogP contribution in [0.25, 0.3) is 0 Å². The van der Waals surface area contributed by atoms with Gasteiger partial charge in [-0.1, -0.05) is 0 Å². The van der Waals surface area contributed by atoms with Gasteiger partial charge in [0.15, 0.2) is 11.6 Å². The Kier molecular flexibility index (Phi) is 7.31. The lowest BCUT2D eigenvalue weighted by atomic mass is 10.3. The smallest absolute Gasteiger partial charge is 0.240 e. The van der Waals surface area contributed by atoms with Gasteiger partial charge < -0.3 is 15.4 Å². The Bertz CT molecular complexity index is 877. The van der Waals surface area contributed by atoms with Crippen LogP contribution in [-0.4, -0.2) is 44.6 Å². The van der Waals surface area contributed by atoms with E-state index in [-0.39, 0.29) is 17.2 Å². The zero-order valence-corrected chi connectivity index (χ0v) is 16.4. The van der Waals surface area contributed by atoms with Crippen LogP contribution in [0.5, 0.6) is 5.75 Å². The van der Waals surface area contributed by atoms with E-state index in [0.717, 1.165) is 11.8 Å². The number of sulfonamides is 1. The third-order valence-corrected chi connectivity index (χ3v) is 4.88. The second-order valence-electron chi connectivity index (χ2n) is 5.60. The summed E-state index contributed by atoms with van der Waals surface area (Å²) in [6, 6.07) is 5.31. The van der Waals surface area contributed by atoms with Crippen LogP contribution >= 0.6 is 0 Å². The maximum absolute atomic E-state index is 13.9. The minimum Gasteiger partial charge on any atom is -0.491 e. The van der Waals surface area contributed by atoms with Gasteiger partial charge in [-0.2, -0.15) is 4.98 Å². The lowest BCUT2D eigenvalue weighted by Crippen LogP contribution is -2.29. The van der Waals surface area contributed by atoms with Crippen LogP contribution in [0.4, 0.5) is 16.2 Å². The van der Waals surface area contributed by atoms with Crippen LogP contribution in [0.1, 0.15) is 19.5 Å². The van der Waals surface area contributed by atoms with E-state index in [0.29, 0.717) is 31.5 Å². The molecule has 0 saturated carbocycles. The molecule has 0 saturated heterocycles. The second-order valence-corrected chi connectivity index (χ2v) is 7.37. The van der Waals surface area contributed by atoms with Gasteiger partial charge >= 0.3 is 0 Å². The number of hydrogen-bond acceptors (Lipinski definition) is 7. The minimum atomic E-state index is -3.82. The molecule has 2 rings (SSSR count). The van der Waals surface area contributed by atoms with Gasteiger partial charge in [0.2, 0.25) is 16.0 Å². The van der Waals surface area contributed by atoms with Gasteiger partial charge in [-0.3, -0.25) is 0 Å². The lowest BCUT2D eigenvalue weighted by molar-refractivity contribution is 0.321. The van der Waals surface area contributed by atoms with Crippen molar-refractivity contribution in [2.24, 2.45) is 0 Å². The zero-order chi connectivity index (χ0) is 19.9. The van der Waals surface area contributed by atoms with E-state index < -0.39 is 15.8 Å². The van der Waals surface area contributed by atoms with Gasteiger partial charge in [0, 0.05) is 31.4 Å². The van der Waals surface area contributed by atoms with E-state index in [9.17, 15) is 12.8 Å². The van der Waals surface area contributed by atoms with E-state index in [1.165, 1.54) is 12.1 Å². The van der Waals surface area contributed by atoms with Crippen LogP contribution in [-0.2, 0) is 10.0 Å². The molecule has 27 heavy (non-hydrogen) atoms. The maximum atomic E-state index is 13.9. The van der Waals surface area contributed by atoms with Crippen molar-refractivity contribution in [2.45, 2.75) is 25.7 Å². The normalized spacial score (nSPS) is 11.3. The van der Waals surface area contributed by atoms with Gasteiger partial charge in [-0.25, -0.2) is 22.5 Å². The fraction of sp³-hybridized carbons (Fsp3) is 0.412. The summed E-state index contributed by atoms with van der Waals surface area (Å²) in [5.74, 6) is 0.397. The Hall–Kier alpha value is -2.46. The zero-order valence-electron chi connectivity index (χ0n) is 15.5. The number of aryl methyl sites for hydroxylation is 1. The molecule has 8 nitrogen and oxygen atoms in total. The van der Waals surface area contributed by atoms with E-state index in [2.05, 4.69) is 25.3 Å². The average Bonchev–Trinajstić information content (AvgIpc) is 2.60. The maximum Gasteiger partial charge on any atom is 0.240 e. The standard InChI is InChI=1S/C17H24FN5O3S/c1-4-19-17-22-12(3)10-16(23-17)20-8-9-21-27(24,25)13-6-7-15(26-5-2)14(18)11-13/h6-7,10-11,21H,4-5,8-9H2,1-3H3,(H2,19,20,22,23). The molecule has 0 radical (unpaired) electrons. The lowest BCUT2D eigenvalue weighted by Gasteiger charge is -2.11. The fourth-order valence-corrected chi connectivity index (χ4v) is 3.32. The Balaban J connectivity index is 1.93. The van der Waals surface area contributed by atoms with Crippen molar-refractivity contribution in [3.8, 4) is 5.75 Å². The van der Waals surface area contributed by atoms with Crippen molar-refractivity contribution in [1.82, 2.24) is 14.7 Å². The summed E-state index contributed by atoms with van der Waals surface area (Å²) in [5.41, 5.74) is 0.786. The molecule has 1 aromatic heterocycles. The molecule has 0 atom stereocenters. The summed E-state index contributed by atoms with van der Waals surface area (Å²) in [5, 5.41) is 6.06.